The SMILES string of the molecule is C=C(C)CNC(=NCc1ccc([N+](=O)[O-])cc1)N1CCN(C(=O)C2CCCO2)CC1. The molecule has 0 aromatic heterocycles. The van der Waals surface area contributed by atoms with Crippen LogP contribution in [-0.4, -0.2) is 72.0 Å². The van der Waals surface area contributed by atoms with Crippen LogP contribution in [0.25, 0.3) is 0 Å². The van der Waals surface area contributed by atoms with Gasteiger partial charge in [0.05, 0.1) is 11.5 Å². The third kappa shape index (κ3) is 5.79. The van der Waals surface area contributed by atoms with Crippen LogP contribution in [-0.2, 0) is 16.1 Å². The van der Waals surface area contributed by atoms with E-state index in [-0.39, 0.29) is 17.7 Å². The number of nitro benzene ring substituents is 1. The number of hydrogen-bond donors (Lipinski definition) is 1. The minimum absolute atomic E-state index is 0.0652. The molecule has 0 aliphatic carbocycles. The van der Waals surface area contributed by atoms with Gasteiger partial charge in [0.2, 0.25) is 0 Å². The molecular formula is C21H29N5O4. The highest BCUT2D eigenvalue weighted by Crippen LogP contribution is 2.16. The van der Waals surface area contributed by atoms with Crippen molar-refractivity contribution in [1.82, 2.24) is 15.1 Å². The van der Waals surface area contributed by atoms with E-state index in [1.165, 1.54) is 12.1 Å². The normalized spacial score (nSPS) is 19.6. The fourth-order valence-corrected chi connectivity index (χ4v) is 3.50. The summed E-state index contributed by atoms with van der Waals surface area (Å²) in [5, 5.41) is 14.1. The largest absolute Gasteiger partial charge is 0.368 e. The summed E-state index contributed by atoms with van der Waals surface area (Å²) in [6.07, 6.45) is 1.47. The van der Waals surface area contributed by atoms with E-state index >= 15 is 0 Å². The van der Waals surface area contributed by atoms with Crippen molar-refractivity contribution in [3.63, 3.8) is 0 Å². The van der Waals surface area contributed by atoms with Crippen LogP contribution in [0.15, 0.2) is 41.4 Å². The number of rotatable bonds is 6. The molecule has 2 heterocycles. The Morgan fingerprint density at radius 1 is 1.27 bits per heavy atom. The van der Waals surface area contributed by atoms with Crippen LogP contribution >= 0.6 is 0 Å². The van der Waals surface area contributed by atoms with Gasteiger partial charge in [0.25, 0.3) is 11.6 Å². The van der Waals surface area contributed by atoms with Gasteiger partial charge in [0.15, 0.2) is 5.96 Å². The summed E-state index contributed by atoms with van der Waals surface area (Å²) in [7, 11) is 0. The van der Waals surface area contributed by atoms with E-state index in [0.29, 0.717) is 45.9 Å². The van der Waals surface area contributed by atoms with Crippen molar-refractivity contribution < 1.29 is 14.5 Å². The average Bonchev–Trinajstić information content (AvgIpc) is 3.28. The van der Waals surface area contributed by atoms with E-state index in [1.807, 2.05) is 11.8 Å². The number of non-ortho nitro benzene ring substituents is 1. The molecule has 2 fully saturated rings. The minimum Gasteiger partial charge on any atom is -0.368 e. The Morgan fingerprint density at radius 3 is 2.50 bits per heavy atom. The Bertz CT molecular complexity index is 794. The van der Waals surface area contributed by atoms with Crippen molar-refractivity contribution in [2.75, 3.05) is 39.3 Å². The number of guanidine groups is 1. The molecular weight excluding hydrogens is 386 g/mol. The van der Waals surface area contributed by atoms with Gasteiger partial charge in [-0.3, -0.25) is 14.9 Å². The molecule has 1 N–H and O–H groups in total. The van der Waals surface area contributed by atoms with Gasteiger partial charge in [-0.2, -0.15) is 0 Å². The number of ether oxygens (including phenoxy) is 1. The summed E-state index contributed by atoms with van der Waals surface area (Å²) >= 11 is 0. The smallest absolute Gasteiger partial charge is 0.269 e. The number of aliphatic imine (C=N–C) groups is 1. The third-order valence-corrected chi connectivity index (χ3v) is 5.20. The highest BCUT2D eigenvalue weighted by atomic mass is 16.6. The Balaban J connectivity index is 1.61. The van der Waals surface area contributed by atoms with Gasteiger partial charge in [-0.05, 0) is 25.3 Å². The number of carbonyl (C=O) groups excluding carboxylic acids is 1. The second-order valence-electron chi connectivity index (χ2n) is 7.69. The van der Waals surface area contributed by atoms with Crippen molar-refractivity contribution in [1.29, 1.82) is 0 Å². The van der Waals surface area contributed by atoms with Crippen LogP contribution in [0, 0.1) is 10.1 Å². The fraction of sp³-hybridized carbons (Fsp3) is 0.524. The summed E-state index contributed by atoms with van der Waals surface area (Å²) in [6.45, 7) is 10.2. The van der Waals surface area contributed by atoms with Crippen molar-refractivity contribution >= 4 is 17.6 Å². The molecule has 9 heteroatoms. The Kier molecular flexibility index (Phi) is 7.40. The molecule has 2 saturated heterocycles. The molecule has 1 aromatic carbocycles. The number of amides is 1. The molecule has 162 valence electrons. The van der Waals surface area contributed by atoms with Crippen LogP contribution in [0.4, 0.5) is 5.69 Å². The van der Waals surface area contributed by atoms with Gasteiger partial charge < -0.3 is 19.9 Å². The molecule has 30 heavy (non-hydrogen) atoms. The first-order valence-electron chi connectivity index (χ1n) is 10.3. The van der Waals surface area contributed by atoms with Gasteiger partial charge in [-0.15, -0.1) is 0 Å². The maximum absolute atomic E-state index is 12.6. The van der Waals surface area contributed by atoms with E-state index in [2.05, 4.69) is 16.8 Å². The summed E-state index contributed by atoms with van der Waals surface area (Å²) in [6, 6.07) is 6.41. The molecule has 0 spiro atoms. The molecule has 2 aliphatic rings. The van der Waals surface area contributed by atoms with Gasteiger partial charge in [-0.1, -0.05) is 24.3 Å². The van der Waals surface area contributed by atoms with E-state index in [1.54, 1.807) is 12.1 Å². The van der Waals surface area contributed by atoms with Crippen molar-refractivity contribution in [3.8, 4) is 0 Å². The number of benzene rings is 1. The highest BCUT2D eigenvalue weighted by Gasteiger charge is 2.30. The predicted molar refractivity (Wildman–Crippen MR) is 114 cm³/mol. The second-order valence-corrected chi connectivity index (χ2v) is 7.69. The van der Waals surface area contributed by atoms with Crippen LogP contribution in [0.1, 0.15) is 25.3 Å². The molecule has 0 radical (unpaired) electrons. The first-order valence-corrected chi connectivity index (χ1v) is 10.3. The number of hydrogen-bond acceptors (Lipinski definition) is 5. The molecule has 3 rings (SSSR count). The van der Waals surface area contributed by atoms with E-state index in [4.69, 9.17) is 9.73 Å². The summed E-state index contributed by atoms with van der Waals surface area (Å²) in [5.41, 5.74) is 1.95. The van der Waals surface area contributed by atoms with Gasteiger partial charge in [0.1, 0.15) is 6.10 Å². The van der Waals surface area contributed by atoms with E-state index < -0.39 is 4.92 Å². The summed E-state index contributed by atoms with van der Waals surface area (Å²) in [5.74, 6) is 0.840. The van der Waals surface area contributed by atoms with Crippen molar-refractivity contribution in [2.45, 2.75) is 32.4 Å². The monoisotopic (exact) mass is 415 g/mol. The highest BCUT2D eigenvalue weighted by molar-refractivity contribution is 5.83. The quantitative estimate of drug-likeness (QED) is 0.251. The topological polar surface area (TPSA) is 100 Å². The Labute approximate surface area is 176 Å². The van der Waals surface area contributed by atoms with Crippen LogP contribution in [0.5, 0.6) is 0 Å². The van der Waals surface area contributed by atoms with Gasteiger partial charge in [0, 0.05) is 51.5 Å². The minimum atomic E-state index is -0.412. The van der Waals surface area contributed by atoms with Gasteiger partial charge in [-0.25, -0.2) is 4.99 Å². The summed E-state index contributed by atoms with van der Waals surface area (Å²) < 4.78 is 5.53. The Hall–Kier alpha value is -2.94. The van der Waals surface area contributed by atoms with Crippen LogP contribution < -0.4 is 5.32 Å². The molecule has 2 aliphatic heterocycles. The third-order valence-electron chi connectivity index (χ3n) is 5.20. The zero-order valence-electron chi connectivity index (χ0n) is 17.4. The Morgan fingerprint density at radius 2 is 1.93 bits per heavy atom. The summed E-state index contributed by atoms with van der Waals surface area (Å²) in [4.78, 5) is 31.7. The molecule has 1 amide bonds. The maximum Gasteiger partial charge on any atom is 0.269 e. The van der Waals surface area contributed by atoms with Crippen LogP contribution in [0.2, 0.25) is 0 Å². The average molecular weight is 415 g/mol. The lowest BCUT2D eigenvalue weighted by Crippen LogP contribution is -2.55. The zero-order valence-corrected chi connectivity index (χ0v) is 17.4. The number of piperazine rings is 1. The lowest BCUT2D eigenvalue weighted by Gasteiger charge is -2.37. The number of nitrogens with zero attached hydrogens (tertiary/aromatic N) is 4. The number of carbonyl (C=O) groups is 1. The van der Waals surface area contributed by atoms with E-state index in [9.17, 15) is 14.9 Å². The van der Waals surface area contributed by atoms with Gasteiger partial charge >= 0.3 is 0 Å². The number of nitrogens with one attached hydrogen (secondary N) is 1. The standard InChI is InChI=1S/C21H29N5O4/c1-16(2)14-22-21(23-15-17-5-7-18(8-6-17)26(28)29)25-11-9-24(10-12-25)20(27)19-4-3-13-30-19/h5-8,19H,1,3-4,9-15H2,2H3,(H,22,23). The molecule has 1 atom stereocenters. The molecule has 0 saturated carbocycles. The van der Waals surface area contributed by atoms with E-state index in [0.717, 1.165) is 29.9 Å². The lowest BCUT2D eigenvalue weighted by atomic mass is 10.2. The first-order chi connectivity index (χ1) is 14.4. The second kappa shape index (κ2) is 10.2. The number of nitro groups is 1. The van der Waals surface area contributed by atoms with Crippen molar-refractivity contribution in [3.05, 3.63) is 52.1 Å². The first kappa shape index (κ1) is 21.8. The molecule has 9 nitrogen and oxygen atoms in total. The van der Waals surface area contributed by atoms with Crippen LogP contribution in [0.3, 0.4) is 0 Å². The fourth-order valence-electron chi connectivity index (χ4n) is 3.50. The van der Waals surface area contributed by atoms with Crippen molar-refractivity contribution in [2.24, 2.45) is 4.99 Å². The lowest BCUT2D eigenvalue weighted by molar-refractivity contribution is -0.384. The molecule has 1 unspecified atom stereocenters. The molecule has 0 bridgehead atoms. The maximum atomic E-state index is 12.6. The predicted octanol–water partition coefficient (Wildman–Crippen LogP) is 1.94. The molecule has 1 aromatic rings. The zero-order chi connectivity index (χ0) is 21.5.